The molecule has 0 aromatic heterocycles. The van der Waals surface area contributed by atoms with Crippen LogP contribution in [-0.4, -0.2) is 22.6 Å². The Labute approximate surface area is 264 Å². The van der Waals surface area contributed by atoms with Crippen LogP contribution < -0.4 is 9.47 Å². The van der Waals surface area contributed by atoms with Crippen LogP contribution in [0.3, 0.4) is 0 Å². The van der Waals surface area contributed by atoms with Gasteiger partial charge in [0, 0.05) is 5.56 Å². The molecule has 1 heterocycles. The Hall–Kier alpha value is -2.04. The van der Waals surface area contributed by atoms with Crippen LogP contribution in [0.4, 0.5) is 0 Å². The lowest BCUT2D eigenvalue weighted by molar-refractivity contribution is -0.141. The van der Waals surface area contributed by atoms with Crippen LogP contribution in [0.5, 0.6) is 11.5 Å². The molecule has 0 saturated heterocycles. The van der Waals surface area contributed by atoms with Gasteiger partial charge < -0.3 is 14.6 Å². The predicted molar refractivity (Wildman–Crippen MR) is 180 cm³/mol. The third-order valence-corrected chi connectivity index (χ3v) is 9.31. The van der Waals surface area contributed by atoms with Crippen molar-refractivity contribution >= 4 is 11.9 Å². The number of fused-ring (bicyclic) bond motifs is 1. The number of benzene rings is 1. The van der Waals surface area contributed by atoms with Crippen LogP contribution >= 0.6 is 0 Å². The first-order chi connectivity index (χ1) is 20.0. The van der Waals surface area contributed by atoms with Crippen molar-refractivity contribution in [2.75, 3.05) is 0 Å². The van der Waals surface area contributed by atoms with Gasteiger partial charge in [0.05, 0.1) is 12.8 Å². The summed E-state index contributed by atoms with van der Waals surface area (Å²) in [6.07, 6.45) is 13.4. The molecule has 0 bridgehead atoms. The van der Waals surface area contributed by atoms with Crippen LogP contribution in [0.1, 0.15) is 162 Å². The summed E-state index contributed by atoms with van der Waals surface area (Å²) in [4.78, 5) is 23.9. The summed E-state index contributed by atoms with van der Waals surface area (Å²) in [5, 5.41) is 9.16. The highest BCUT2D eigenvalue weighted by Crippen LogP contribution is 2.45. The highest BCUT2D eigenvalue weighted by atomic mass is 16.5. The number of carboxylic acids is 1. The Morgan fingerprint density at radius 3 is 1.93 bits per heavy atom. The van der Waals surface area contributed by atoms with Crippen molar-refractivity contribution in [2.24, 2.45) is 23.2 Å². The number of ether oxygens (including phenoxy) is 2. The molecule has 1 aromatic carbocycles. The molecular weight excluding hydrogens is 536 g/mol. The topological polar surface area (TPSA) is 72.8 Å². The summed E-state index contributed by atoms with van der Waals surface area (Å²) in [6.45, 7) is 25.3. The van der Waals surface area contributed by atoms with Gasteiger partial charge in [0.25, 0.3) is 0 Å². The number of rotatable bonds is 17. The van der Waals surface area contributed by atoms with E-state index in [-0.39, 0.29) is 18.4 Å². The molecule has 1 aliphatic heterocycles. The fourth-order valence-electron chi connectivity index (χ4n) is 6.43. The molecule has 3 atom stereocenters. The van der Waals surface area contributed by atoms with Crippen molar-refractivity contribution in [2.45, 2.75) is 172 Å². The van der Waals surface area contributed by atoms with Crippen LogP contribution in [0, 0.1) is 43.9 Å². The molecule has 43 heavy (non-hydrogen) atoms. The lowest BCUT2D eigenvalue weighted by Crippen LogP contribution is -2.37. The fraction of sp³-hybridized carbons (Fsp3) is 0.789. The number of aliphatic carboxylic acids is 1. The Kier molecular flexibility index (Phi) is 16.4. The smallest absolute Gasteiger partial charge is 0.311 e. The molecule has 248 valence electrons. The Morgan fingerprint density at radius 1 is 0.860 bits per heavy atom. The monoisotopic (exact) mass is 602 g/mol. The van der Waals surface area contributed by atoms with E-state index in [2.05, 4.69) is 41.5 Å². The maximum absolute atomic E-state index is 12.8. The van der Waals surface area contributed by atoms with Gasteiger partial charge in [-0.15, -0.1) is 0 Å². The summed E-state index contributed by atoms with van der Waals surface area (Å²) in [5.41, 5.74) is 3.19. The predicted octanol–water partition coefficient (Wildman–Crippen LogP) is 11.0. The van der Waals surface area contributed by atoms with E-state index >= 15 is 0 Å². The summed E-state index contributed by atoms with van der Waals surface area (Å²) in [6, 6.07) is 0. The Morgan fingerprint density at radius 2 is 1.40 bits per heavy atom. The van der Waals surface area contributed by atoms with Gasteiger partial charge in [-0.05, 0) is 93.2 Å². The quantitative estimate of drug-likeness (QED) is 0.142. The number of hydrogen-bond acceptors (Lipinski definition) is 4. The Bertz CT molecular complexity index is 1020. The molecule has 0 spiro atoms. The first-order valence-electron chi connectivity index (χ1n) is 17.3. The average Bonchev–Trinajstić information content (AvgIpc) is 2.89. The fourth-order valence-corrected chi connectivity index (χ4v) is 6.43. The maximum atomic E-state index is 12.8. The van der Waals surface area contributed by atoms with Gasteiger partial charge in [0.15, 0.2) is 0 Å². The van der Waals surface area contributed by atoms with Gasteiger partial charge >= 0.3 is 11.9 Å². The normalized spacial score (nSPS) is 17.8. The third-order valence-electron chi connectivity index (χ3n) is 9.31. The molecule has 0 amide bonds. The lowest BCUT2D eigenvalue weighted by atomic mass is 9.83. The minimum Gasteiger partial charge on any atom is -0.487 e. The molecule has 0 aliphatic carbocycles. The molecule has 3 unspecified atom stereocenters. The van der Waals surface area contributed by atoms with E-state index in [9.17, 15) is 9.59 Å². The zero-order valence-corrected chi connectivity index (χ0v) is 30.0. The molecule has 5 heteroatoms. The molecule has 5 nitrogen and oxygen atoms in total. The van der Waals surface area contributed by atoms with Crippen molar-refractivity contribution in [3.63, 3.8) is 0 Å². The van der Waals surface area contributed by atoms with Gasteiger partial charge in [0.1, 0.15) is 17.1 Å². The number of esters is 1. The van der Waals surface area contributed by atoms with E-state index < -0.39 is 17.4 Å². The van der Waals surface area contributed by atoms with Crippen LogP contribution in [0.15, 0.2) is 0 Å². The molecule has 1 N–H and O–H groups in total. The Balaban J connectivity index is 0.00000452. The summed E-state index contributed by atoms with van der Waals surface area (Å²) in [5.74, 6) is 2.68. The van der Waals surface area contributed by atoms with E-state index in [0.717, 1.165) is 65.0 Å². The minimum absolute atomic E-state index is 0.0542. The van der Waals surface area contributed by atoms with Crippen LogP contribution in [0.25, 0.3) is 0 Å². The van der Waals surface area contributed by atoms with Crippen molar-refractivity contribution < 1.29 is 24.2 Å². The zero-order valence-electron chi connectivity index (χ0n) is 30.0. The second-order valence-corrected chi connectivity index (χ2v) is 14.8. The first-order valence-corrected chi connectivity index (χ1v) is 17.3. The number of carbonyl (C=O) groups is 2. The van der Waals surface area contributed by atoms with Gasteiger partial charge in [-0.2, -0.15) is 0 Å². The van der Waals surface area contributed by atoms with Crippen molar-refractivity contribution in [3.05, 3.63) is 22.3 Å². The first kappa shape index (κ1) is 39.0. The molecular formula is C38H66O5. The number of hydrogen-bond donors (Lipinski definition) is 1. The van der Waals surface area contributed by atoms with E-state index in [0.29, 0.717) is 5.75 Å². The van der Waals surface area contributed by atoms with Crippen LogP contribution in [-0.2, 0) is 16.0 Å². The standard InChI is InChI=1S/C36H60O5.C2H6/c1-24(2)14-11-15-25(3)16-12-17-26(4)18-13-20-36(10)21-19-30-29(7)33(27(5)28(6)34(30)41-36)40-32(39)23-35(8,9)22-31(37)38;1-2/h24-26H,11-23H2,1-10H3,(H,37,38);1-2H3. The molecule has 0 saturated carbocycles. The third kappa shape index (κ3) is 13.2. The summed E-state index contributed by atoms with van der Waals surface area (Å²) >= 11 is 0. The van der Waals surface area contributed by atoms with Crippen LogP contribution in [0.2, 0.25) is 0 Å². The minimum atomic E-state index is -0.910. The van der Waals surface area contributed by atoms with E-state index in [1.165, 1.54) is 51.4 Å². The summed E-state index contributed by atoms with van der Waals surface area (Å²) < 4.78 is 12.6. The van der Waals surface area contributed by atoms with E-state index in [1.807, 2.05) is 27.7 Å². The zero-order chi connectivity index (χ0) is 33.0. The van der Waals surface area contributed by atoms with Crippen molar-refractivity contribution in [1.29, 1.82) is 0 Å². The average molecular weight is 603 g/mol. The SMILES string of the molecule is CC.Cc1c(C)c2c(c(C)c1OC(=O)CC(C)(C)CC(=O)O)CCC(C)(CCCC(C)CCCC(C)CCCC(C)C)O2. The van der Waals surface area contributed by atoms with Gasteiger partial charge in [0.2, 0.25) is 0 Å². The van der Waals surface area contributed by atoms with Crippen molar-refractivity contribution in [3.8, 4) is 11.5 Å². The largest absolute Gasteiger partial charge is 0.487 e. The van der Waals surface area contributed by atoms with Gasteiger partial charge in [-0.25, -0.2) is 0 Å². The summed E-state index contributed by atoms with van der Waals surface area (Å²) in [7, 11) is 0. The number of carboxylic acid groups (broad SMARTS) is 1. The van der Waals surface area contributed by atoms with Gasteiger partial charge in [-0.3, -0.25) is 9.59 Å². The second kappa shape index (κ2) is 18.1. The molecule has 0 fully saturated rings. The maximum Gasteiger partial charge on any atom is 0.311 e. The molecule has 2 rings (SSSR count). The molecule has 0 radical (unpaired) electrons. The second-order valence-electron chi connectivity index (χ2n) is 14.8. The lowest BCUT2D eigenvalue weighted by Gasteiger charge is -2.38. The van der Waals surface area contributed by atoms with Crippen molar-refractivity contribution in [1.82, 2.24) is 0 Å². The highest BCUT2D eigenvalue weighted by molar-refractivity contribution is 5.76. The number of carbonyl (C=O) groups excluding carboxylic acids is 1. The van der Waals surface area contributed by atoms with E-state index in [1.54, 1.807) is 13.8 Å². The molecule has 1 aliphatic rings. The highest BCUT2D eigenvalue weighted by Gasteiger charge is 2.35. The van der Waals surface area contributed by atoms with Gasteiger partial charge in [-0.1, -0.05) is 100 Å². The molecule has 1 aromatic rings. The van der Waals surface area contributed by atoms with E-state index in [4.69, 9.17) is 14.6 Å².